The first-order chi connectivity index (χ1) is 12.7. The van der Waals surface area contributed by atoms with Crippen LogP contribution in [0.3, 0.4) is 0 Å². The van der Waals surface area contributed by atoms with E-state index in [0.717, 1.165) is 32.6 Å². The summed E-state index contributed by atoms with van der Waals surface area (Å²) in [5.41, 5.74) is 1.50. The fraction of sp³-hybridized carbons (Fsp3) is 0.421. The van der Waals surface area contributed by atoms with E-state index in [4.69, 9.17) is 9.47 Å². The molecule has 0 radical (unpaired) electrons. The molecule has 1 fully saturated rings. The van der Waals surface area contributed by atoms with Crippen LogP contribution < -0.4 is 10.1 Å². The zero-order valence-electron chi connectivity index (χ0n) is 14.8. The number of anilines is 1. The summed E-state index contributed by atoms with van der Waals surface area (Å²) in [6.45, 7) is 4.64. The summed E-state index contributed by atoms with van der Waals surface area (Å²) in [6.07, 6.45) is 3.74. The monoisotopic (exact) mass is 357 g/mol. The molecule has 138 valence electrons. The van der Waals surface area contributed by atoms with Gasteiger partial charge >= 0.3 is 5.97 Å². The molecule has 2 aromatic rings. The van der Waals surface area contributed by atoms with Crippen LogP contribution in [-0.4, -0.2) is 47.4 Å². The van der Waals surface area contributed by atoms with Crippen molar-refractivity contribution in [3.8, 4) is 17.0 Å². The second kappa shape index (κ2) is 8.62. The molecule has 1 aliphatic rings. The third-order valence-corrected chi connectivity index (χ3v) is 4.35. The summed E-state index contributed by atoms with van der Waals surface area (Å²) < 4.78 is 10.8. The van der Waals surface area contributed by atoms with Crippen LogP contribution >= 0.6 is 0 Å². The molecule has 3 rings (SSSR count). The highest BCUT2D eigenvalue weighted by atomic mass is 16.5. The first kappa shape index (κ1) is 18.1. The van der Waals surface area contributed by atoms with Crippen molar-refractivity contribution in [3.63, 3.8) is 0 Å². The molecular weight excluding hydrogens is 334 g/mol. The summed E-state index contributed by atoms with van der Waals surface area (Å²) >= 11 is 0. The van der Waals surface area contributed by atoms with Gasteiger partial charge in [0.15, 0.2) is 0 Å². The Morgan fingerprint density at radius 3 is 2.88 bits per heavy atom. The number of carboxylic acid groups (broad SMARTS) is 1. The summed E-state index contributed by atoms with van der Waals surface area (Å²) in [5.74, 6) is 0.428. The second-order valence-electron chi connectivity index (χ2n) is 6.15. The molecule has 1 aromatic carbocycles. The molecule has 1 aromatic heterocycles. The van der Waals surface area contributed by atoms with Gasteiger partial charge in [0, 0.05) is 31.5 Å². The van der Waals surface area contributed by atoms with Gasteiger partial charge in [0.05, 0.1) is 12.3 Å². The minimum Gasteiger partial charge on any atom is -0.493 e. The number of hydrogen-bond donors (Lipinski definition) is 2. The van der Waals surface area contributed by atoms with Crippen LogP contribution in [0.5, 0.6) is 5.75 Å². The molecule has 0 saturated carbocycles. The molecule has 0 amide bonds. The van der Waals surface area contributed by atoms with Crippen molar-refractivity contribution in [2.24, 2.45) is 5.92 Å². The molecule has 0 bridgehead atoms. The number of ether oxygens (including phenoxy) is 2. The van der Waals surface area contributed by atoms with Crippen molar-refractivity contribution in [3.05, 3.63) is 36.0 Å². The highest BCUT2D eigenvalue weighted by molar-refractivity contribution is 5.92. The largest absolute Gasteiger partial charge is 0.493 e. The fourth-order valence-electron chi connectivity index (χ4n) is 2.93. The Balaban J connectivity index is 1.76. The van der Waals surface area contributed by atoms with Crippen molar-refractivity contribution in [2.75, 3.05) is 31.7 Å². The summed E-state index contributed by atoms with van der Waals surface area (Å²) in [6, 6.07) is 6.82. The second-order valence-corrected chi connectivity index (χ2v) is 6.15. The summed E-state index contributed by atoms with van der Waals surface area (Å²) in [7, 11) is 0. The van der Waals surface area contributed by atoms with Gasteiger partial charge in [0.1, 0.15) is 11.3 Å². The van der Waals surface area contributed by atoms with E-state index >= 15 is 0 Å². The van der Waals surface area contributed by atoms with Crippen molar-refractivity contribution in [1.82, 2.24) is 9.97 Å². The van der Waals surface area contributed by atoms with Crippen molar-refractivity contribution in [1.29, 1.82) is 0 Å². The maximum Gasteiger partial charge on any atom is 0.339 e. The SMILES string of the molecule is CCOc1ccc(-c2ccnc(NCC3CCOCC3)n2)cc1C(=O)O. The van der Waals surface area contributed by atoms with Gasteiger partial charge in [-0.15, -0.1) is 0 Å². The lowest BCUT2D eigenvalue weighted by molar-refractivity contribution is 0.0691. The van der Waals surface area contributed by atoms with Gasteiger partial charge in [-0.2, -0.15) is 0 Å². The van der Waals surface area contributed by atoms with Gasteiger partial charge in [-0.05, 0) is 49.9 Å². The molecular formula is C19H23N3O4. The number of aromatic carboxylic acids is 1. The van der Waals surface area contributed by atoms with Crippen LogP contribution in [0.25, 0.3) is 11.3 Å². The lowest BCUT2D eigenvalue weighted by atomic mass is 10.0. The molecule has 1 aliphatic heterocycles. The average molecular weight is 357 g/mol. The maximum absolute atomic E-state index is 11.5. The molecule has 0 atom stereocenters. The summed E-state index contributed by atoms with van der Waals surface area (Å²) in [5, 5.41) is 12.7. The Kier molecular flexibility index (Phi) is 6.01. The van der Waals surface area contributed by atoms with Crippen LogP contribution in [-0.2, 0) is 4.74 Å². The number of carboxylic acids is 1. The predicted molar refractivity (Wildman–Crippen MR) is 97.6 cm³/mol. The number of hydrogen-bond acceptors (Lipinski definition) is 6. The van der Waals surface area contributed by atoms with Crippen LogP contribution in [0.4, 0.5) is 5.95 Å². The summed E-state index contributed by atoms with van der Waals surface area (Å²) in [4.78, 5) is 20.3. The minimum absolute atomic E-state index is 0.125. The Morgan fingerprint density at radius 1 is 1.35 bits per heavy atom. The Hall–Kier alpha value is -2.67. The van der Waals surface area contributed by atoms with Gasteiger partial charge in [0.2, 0.25) is 5.95 Å². The number of nitrogens with zero attached hydrogens (tertiary/aromatic N) is 2. The van der Waals surface area contributed by atoms with E-state index in [1.807, 2.05) is 13.0 Å². The highest BCUT2D eigenvalue weighted by Gasteiger charge is 2.15. The van der Waals surface area contributed by atoms with Crippen LogP contribution in [0.1, 0.15) is 30.1 Å². The lowest BCUT2D eigenvalue weighted by Crippen LogP contribution is -2.23. The number of benzene rings is 1. The molecule has 7 heteroatoms. The fourth-order valence-corrected chi connectivity index (χ4v) is 2.93. The van der Waals surface area contributed by atoms with Crippen molar-refractivity contribution >= 4 is 11.9 Å². The van der Waals surface area contributed by atoms with Gasteiger partial charge in [-0.1, -0.05) is 0 Å². The van der Waals surface area contributed by atoms with Crippen LogP contribution in [0.2, 0.25) is 0 Å². The quantitative estimate of drug-likeness (QED) is 0.786. The van der Waals surface area contributed by atoms with E-state index in [1.54, 1.807) is 24.4 Å². The Bertz CT molecular complexity index is 760. The normalized spacial score (nSPS) is 14.8. The zero-order chi connectivity index (χ0) is 18.4. The standard InChI is InChI=1S/C19H23N3O4/c1-2-26-17-4-3-14(11-15(17)18(23)24)16-5-8-20-19(22-16)21-12-13-6-9-25-10-7-13/h3-5,8,11,13H,2,6-7,9-10,12H2,1H3,(H,23,24)(H,20,21,22). The smallest absolute Gasteiger partial charge is 0.339 e. The Morgan fingerprint density at radius 2 is 2.15 bits per heavy atom. The van der Waals surface area contributed by atoms with Crippen molar-refractivity contribution in [2.45, 2.75) is 19.8 Å². The van der Waals surface area contributed by atoms with E-state index in [-0.39, 0.29) is 5.56 Å². The number of rotatable bonds is 7. The minimum atomic E-state index is -1.03. The molecule has 1 saturated heterocycles. The van der Waals surface area contributed by atoms with Crippen molar-refractivity contribution < 1.29 is 19.4 Å². The van der Waals surface area contributed by atoms with Gasteiger partial charge in [-0.25, -0.2) is 14.8 Å². The van der Waals surface area contributed by atoms with E-state index in [0.29, 0.717) is 35.5 Å². The topological polar surface area (TPSA) is 93.6 Å². The average Bonchev–Trinajstić information content (AvgIpc) is 2.68. The van der Waals surface area contributed by atoms with Crippen LogP contribution in [0.15, 0.2) is 30.5 Å². The molecule has 0 spiro atoms. The number of aromatic nitrogens is 2. The van der Waals surface area contributed by atoms with Gasteiger partial charge < -0.3 is 19.9 Å². The van der Waals surface area contributed by atoms with E-state index < -0.39 is 5.97 Å². The van der Waals surface area contributed by atoms with Gasteiger partial charge in [-0.3, -0.25) is 0 Å². The molecule has 0 unspecified atom stereocenters. The molecule has 26 heavy (non-hydrogen) atoms. The molecule has 2 heterocycles. The van der Waals surface area contributed by atoms with Gasteiger partial charge in [0.25, 0.3) is 0 Å². The highest BCUT2D eigenvalue weighted by Crippen LogP contribution is 2.26. The molecule has 2 N–H and O–H groups in total. The number of nitrogens with one attached hydrogen (secondary N) is 1. The third kappa shape index (κ3) is 4.49. The first-order valence-corrected chi connectivity index (χ1v) is 8.82. The van der Waals surface area contributed by atoms with E-state index in [9.17, 15) is 9.90 Å². The predicted octanol–water partition coefficient (Wildman–Crippen LogP) is 3.08. The van der Waals surface area contributed by atoms with E-state index in [2.05, 4.69) is 15.3 Å². The third-order valence-electron chi connectivity index (χ3n) is 4.35. The molecule has 0 aliphatic carbocycles. The number of carbonyl (C=O) groups is 1. The lowest BCUT2D eigenvalue weighted by Gasteiger charge is -2.22. The van der Waals surface area contributed by atoms with Crippen LogP contribution in [0, 0.1) is 5.92 Å². The maximum atomic E-state index is 11.5. The van der Waals surface area contributed by atoms with E-state index in [1.165, 1.54) is 0 Å². The first-order valence-electron chi connectivity index (χ1n) is 8.82. The zero-order valence-corrected chi connectivity index (χ0v) is 14.8. The Labute approximate surface area is 152 Å². The molecule has 7 nitrogen and oxygen atoms in total.